The SMILES string of the molecule is Cc1[nH]ncc1S(=O)(=O)N(C)Cc1cccc(C(=N)N)c1. The number of hydrogen-bond acceptors (Lipinski definition) is 4. The second-order valence-corrected chi connectivity index (χ2v) is 6.75. The summed E-state index contributed by atoms with van der Waals surface area (Å²) in [5, 5.41) is 13.8. The van der Waals surface area contributed by atoms with E-state index in [-0.39, 0.29) is 17.3 Å². The Morgan fingerprint density at radius 3 is 2.76 bits per heavy atom. The fourth-order valence-corrected chi connectivity index (χ4v) is 3.22. The molecule has 0 aliphatic heterocycles. The van der Waals surface area contributed by atoms with Gasteiger partial charge in [-0.25, -0.2) is 8.42 Å². The molecule has 0 radical (unpaired) electrons. The Kier molecular flexibility index (Phi) is 4.10. The molecule has 0 aliphatic carbocycles. The first-order valence-corrected chi connectivity index (χ1v) is 7.66. The van der Waals surface area contributed by atoms with Crippen LogP contribution in [0.4, 0.5) is 0 Å². The molecule has 0 atom stereocenters. The van der Waals surface area contributed by atoms with Gasteiger partial charge in [-0.05, 0) is 18.6 Å². The summed E-state index contributed by atoms with van der Waals surface area (Å²) in [6.07, 6.45) is 1.30. The summed E-state index contributed by atoms with van der Waals surface area (Å²) >= 11 is 0. The Hall–Kier alpha value is -2.19. The van der Waals surface area contributed by atoms with Gasteiger partial charge in [0.1, 0.15) is 10.7 Å². The van der Waals surface area contributed by atoms with Gasteiger partial charge in [0.15, 0.2) is 0 Å². The van der Waals surface area contributed by atoms with Gasteiger partial charge in [-0.1, -0.05) is 18.2 Å². The lowest BCUT2D eigenvalue weighted by Gasteiger charge is -2.17. The van der Waals surface area contributed by atoms with Crippen molar-refractivity contribution >= 4 is 15.9 Å². The summed E-state index contributed by atoms with van der Waals surface area (Å²) in [7, 11) is -2.10. The van der Waals surface area contributed by atoms with Crippen molar-refractivity contribution in [3.05, 3.63) is 47.3 Å². The smallest absolute Gasteiger partial charge is 0.246 e. The van der Waals surface area contributed by atoms with Gasteiger partial charge in [0.2, 0.25) is 10.0 Å². The van der Waals surface area contributed by atoms with E-state index in [4.69, 9.17) is 11.1 Å². The monoisotopic (exact) mass is 307 g/mol. The van der Waals surface area contributed by atoms with E-state index in [1.165, 1.54) is 17.5 Å². The predicted molar refractivity (Wildman–Crippen MR) is 79.4 cm³/mol. The van der Waals surface area contributed by atoms with Crippen LogP contribution in [0.3, 0.4) is 0 Å². The van der Waals surface area contributed by atoms with Crippen LogP contribution in [0, 0.1) is 12.3 Å². The molecule has 0 bridgehead atoms. The minimum Gasteiger partial charge on any atom is -0.384 e. The Balaban J connectivity index is 2.26. The first-order chi connectivity index (χ1) is 9.82. The molecule has 1 heterocycles. The molecule has 0 spiro atoms. The van der Waals surface area contributed by atoms with Crippen molar-refractivity contribution < 1.29 is 8.42 Å². The highest BCUT2D eigenvalue weighted by Crippen LogP contribution is 2.18. The Labute approximate surface area is 123 Å². The highest BCUT2D eigenvalue weighted by atomic mass is 32.2. The number of benzene rings is 1. The van der Waals surface area contributed by atoms with Crippen molar-refractivity contribution in [1.29, 1.82) is 5.41 Å². The van der Waals surface area contributed by atoms with E-state index < -0.39 is 10.0 Å². The van der Waals surface area contributed by atoms with Crippen LogP contribution in [0.15, 0.2) is 35.4 Å². The lowest BCUT2D eigenvalue weighted by molar-refractivity contribution is 0.466. The first kappa shape index (κ1) is 15.2. The van der Waals surface area contributed by atoms with Crippen LogP contribution in [-0.2, 0) is 16.6 Å². The van der Waals surface area contributed by atoms with E-state index in [9.17, 15) is 8.42 Å². The van der Waals surface area contributed by atoms with Crippen molar-refractivity contribution in [2.75, 3.05) is 7.05 Å². The Morgan fingerprint density at radius 2 is 2.19 bits per heavy atom. The average Bonchev–Trinajstić information content (AvgIpc) is 2.86. The lowest BCUT2D eigenvalue weighted by atomic mass is 10.1. The summed E-state index contributed by atoms with van der Waals surface area (Å²) in [6, 6.07) is 6.95. The molecule has 0 saturated heterocycles. The molecule has 4 N–H and O–H groups in total. The second kappa shape index (κ2) is 5.66. The number of aromatic nitrogens is 2. The molecule has 21 heavy (non-hydrogen) atoms. The standard InChI is InChI=1S/C13H17N5O2S/c1-9-12(7-16-17-9)21(19,20)18(2)8-10-4-3-5-11(6-10)13(14)15/h3-7H,8H2,1-2H3,(H3,14,15)(H,16,17). The van der Waals surface area contributed by atoms with Crippen LogP contribution in [-0.4, -0.2) is 35.8 Å². The third kappa shape index (κ3) is 3.11. The van der Waals surface area contributed by atoms with Crippen LogP contribution in [0.2, 0.25) is 0 Å². The van der Waals surface area contributed by atoms with Crippen molar-refractivity contribution in [3.8, 4) is 0 Å². The summed E-state index contributed by atoms with van der Waals surface area (Å²) < 4.78 is 26.1. The number of aromatic amines is 1. The average molecular weight is 307 g/mol. The fourth-order valence-electron chi connectivity index (χ4n) is 1.95. The summed E-state index contributed by atoms with van der Waals surface area (Å²) in [5.41, 5.74) is 7.26. The van der Waals surface area contributed by atoms with Crippen LogP contribution in [0.5, 0.6) is 0 Å². The zero-order valence-corrected chi connectivity index (χ0v) is 12.6. The highest BCUT2D eigenvalue weighted by molar-refractivity contribution is 7.89. The number of hydrogen-bond donors (Lipinski definition) is 3. The first-order valence-electron chi connectivity index (χ1n) is 6.22. The highest BCUT2D eigenvalue weighted by Gasteiger charge is 2.24. The van der Waals surface area contributed by atoms with Gasteiger partial charge in [-0.2, -0.15) is 9.40 Å². The largest absolute Gasteiger partial charge is 0.384 e. The van der Waals surface area contributed by atoms with Crippen LogP contribution < -0.4 is 5.73 Å². The number of H-pyrrole nitrogens is 1. The van der Waals surface area contributed by atoms with Gasteiger partial charge in [0.25, 0.3) is 0 Å². The molecule has 2 aromatic rings. The van der Waals surface area contributed by atoms with E-state index in [0.717, 1.165) is 5.56 Å². The van der Waals surface area contributed by atoms with Gasteiger partial charge >= 0.3 is 0 Å². The molecule has 2 rings (SSSR count). The molecule has 0 saturated carbocycles. The maximum atomic E-state index is 12.4. The van der Waals surface area contributed by atoms with E-state index in [0.29, 0.717) is 11.3 Å². The summed E-state index contributed by atoms with van der Waals surface area (Å²) in [5.74, 6) is -0.0481. The number of nitrogens with two attached hydrogens (primary N) is 1. The van der Waals surface area contributed by atoms with E-state index in [1.807, 2.05) is 0 Å². The third-order valence-corrected chi connectivity index (χ3v) is 5.03. The number of nitrogen functional groups attached to an aromatic ring is 1. The minimum atomic E-state index is -3.60. The van der Waals surface area contributed by atoms with Crippen LogP contribution in [0.25, 0.3) is 0 Å². The van der Waals surface area contributed by atoms with Gasteiger partial charge in [0.05, 0.1) is 11.9 Å². The van der Waals surface area contributed by atoms with Crippen molar-refractivity contribution in [2.24, 2.45) is 5.73 Å². The Bertz CT molecular complexity index is 766. The van der Waals surface area contributed by atoms with Gasteiger partial charge in [0, 0.05) is 19.2 Å². The lowest BCUT2D eigenvalue weighted by Crippen LogP contribution is -2.27. The van der Waals surface area contributed by atoms with E-state index in [1.54, 1.807) is 31.2 Å². The molecule has 0 fully saturated rings. The van der Waals surface area contributed by atoms with Crippen molar-refractivity contribution in [1.82, 2.24) is 14.5 Å². The van der Waals surface area contributed by atoms with Gasteiger partial charge in [-0.15, -0.1) is 0 Å². The molecular formula is C13H17N5O2S. The van der Waals surface area contributed by atoms with E-state index >= 15 is 0 Å². The molecule has 7 nitrogen and oxygen atoms in total. The van der Waals surface area contributed by atoms with Gasteiger partial charge in [-0.3, -0.25) is 10.5 Å². The molecule has 0 unspecified atom stereocenters. The minimum absolute atomic E-state index is 0.0481. The fraction of sp³-hybridized carbons (Fsp3) is 0.231. The normalized spacial score (nSPS) is 11.8. The molecule has 8 heteroatoms. The molecule has 0 amide bonds. The number of aryl methyl sites for hydroxylation is 1. The zero-order chi connectivity index (χ0) is 15.6. The molecule has 112 valence electrons. The van der Waals surface area contributed by atoms with Crippen LogP contribution >= 0.6 is 0 Å². The third-order valence-electron chi connectivity index (χ3n) is 3.12. The summed E-state index contributed by atoms with van der Waals surface area (Å²) in [4.78, 5) is 0.160. The zero-order valence-electron chi connectivity index (χ0n) is 11.8. The number of nitrogens with one attached hydrogen (secondary N) is 2. The maximum Gasteiger partial charge on any atom is 0.246 e. The van der Waals surface area contributed by atoms with Crippen LogP contribution in [0.1, 0.15) is 16.8 Å². The van der Waals surface area contributed by atoms with Crippen molar-refractivity contribution in [3.63, 3.8) is 0 Å². The topological polar surface area (TPSA) is 116 Å². The molecule has 1 aromatic carbocycles. The number of sulfonamides is 1. The molecule has 1 aromatic heterocycles. The number of nitrogens with zero attached hydrogens (tertiary/aromatic N) is 2. The van der Waals surface area contributed by atoms with E-state index in [2.05, 4.69) is 10.2 Å². The molecule has 0 aliphatic rings. The summed E-state index contributed by atoms with van der Waals surface area (Å²) in [6.45, 7) is 1.85. The quantitative estimate of drug-likeness (QED) is 0.560. The molecular weight excluding hydrogens is 290 g/mol. The predicted octanol–water partition coefficient (Wildman–Crippen LogP) is 0.823. The maximum absolute atomic E-state index is 12.4. The van der Waals surface area contributed by atoms with Crippen molar-refractivity contribution in [2.45, 2.75) is 18.4 Å². The number of amidine groups is 1. The number of rotatable bonds is 5. The second-order valence-electron chi connectivity index (χ2n) is 4.73. The Morgan fingerprint density at radius 1 is 1.48 bits per heavy atom. The van der Waals surface area contributed by atoms with Gasteiger partial charge < -0.3 is 5.73 Å².